The minimum Gasteiger partial charge on any atom is -0.379 e. The van der Waals surface area contributed by atoms with E-state index in [9.17, 15) is 18.0 Å². The second-order valence-corrected chi connectivity index (χ2v) is 9.76. The van der Waals surface area contributed by atoms with E-state index in [1.807, 2.05) is 0 Å². The van der Waals surface area contributed by atoms with Crippen LogP contribution in [0.25, 0.3) is 0 Å². The average Bonchev–Trinajstić information content (AvgIpc) is 2.75. The molecule has 11 heteroatoms. The number of amides is 2. The van der Waals surface area contributed by atoms with E-state index >= 15 is 0 Å². The minimum absolute atomic E-state index is 0.0311. The first-order valence-corrected chi connectivity index (χ1v) is 11.5. The molecule has 1 aliphatic rings. The molecule has 0 radical (unpaired) electrons. The number of morpholine rings is 1. The van der Waals surface area contributed by atoms with Gasteiger partial charge in [0.1, 0.15) is 0 Å². The Balaban J connectivity index is 1.90. The van der Waals surface area contributed by atoms with Crippen molar-refractivity contribution in [1.82, 2.24) is 9.21 Å². The van der Waals surface area contributed by atoms with Gasteiger partial charge in [0, 0.05) is 32.7 Å². The Kier molecular flexibility index (Phi) is 7.23. The lowest BCUT2D eigenvalue weighted by molar-refractivity contribution is 0.0730. The molecule has 0 aromatic heterocycles. The Morgan fingerprint density at radius 1 is 1.03 bits per heavy atom. The molecular weight excluding hydrogens is 465 g/mol. The molecule has 1 fully saturated rings. The maximum absolute atomic E-state index is 12.9. The normalized spacial score (nSPS) is 14.8. The number of sulfonamides is 1. The molecule has 1 N–H and O–H groups in total. The number of halogens is 2. The highest BCUT2D eigenvalue weighted by atomic mass is 35.5. The number of ether oxygens (including phenoxy) is 1. The maximum Gasteiger partial charge on any atom is 0.257 e. The van der Waals surface area contributed by atoms with Gasteiger partial charge in [0.05, 0.1) is 39.4 Å². The number of nitrogens with one attached hydrogen (secondary N) is 1. The van der Waals surface area contributed by atoms with Gasteiger partial charge >= 0.3 is 0 Å². The summed E-state index contributed by atoms with van der Waals surface area (Å²) in [7, 11) is -0.592. The van der Waals surface area contributed by atoms with Crippen molar-refractivity contribution in [3.8, 4) is 0 Å². The number of carbonyl (C=O) groups excluding carboxylic acids is 2. The number of nitrogens with zero attached hydrogens (tertiary/aromatic N) is 2. The van der Waals surface area contributed by atoms with Crippen LogP contribution in [0.15, 0.2) is 41.3 Å². The van der Waals surface area contributed by atoms with Crippen LogP contribution in [-0.2, 0) is 14.8 Å². The molecule has 0 saturated carbocycles. The van der Waals surface area contributed by atoms with E-state index < -0.39 is 15.9 Å². The van der Waals surface area contributed by atoms with Gasteiger partial charge in [-0.25, -0.2) is 8.42 Å². The Morgan fingerprint density at radius 3 is 2.32 bits per heavy atom. The van der Waals surface area contributed by atoms with Crippen LogP contribution in [0, 0.1) is 0 Å². The summed E-state index contributed by atoms with van der Waals surface area (Å²) in [5.74, 6) is -0.913. The van der Waals surface area contributed by atoms with Crippen molar-refractivity contribution in [2.75, 3.05) is 45.7 Å². The highest BCUT2D eigenvalue weighted by Crippen LogP contribution is 2.27. The van der Waals surface area contributed by atoms with Crippen molar-refractivity contribution in [3.63, 3.8) is 0 Å². The average molecular weight is 486 g/mol. The van der Waals surface area contributed by atoms with Gasteiger partial charge in [-0.05, 0) is 36.4 Å². The Morgan fingerprint density at radius 2 is 1.68 bits per heavy atom. The summed E-state index contributed by atoms with van der Waals surface area (Å²) in [4.78, 5) is 26.4. The van der Waals surface area contributed by atoms with E-state index in [0.29, 0.717) is 18.8 Å². The number of carbonyl (C=O) groups is 2. The Hall–Kier alpha value is -2.17. The molecule has 8 nitrogen and oxygen atoms in total. The molecule has 1 heterocycles. The molecule has 0 unspecified atom stereocenters. The summed E-state index contributed by atoms with van der Waals surface area (Å²) in [5, 5.41) is 2.90. The summed E-state index contributed by atoms with van der Waals surface area (Å²) in [6.07, 6.45) is 0. The van der Waals surface area contributed by atoms with E-state index in [-0.39, 0.29) is 45.2 Å². The van der Waals surface area contributed by atoms with Gasteiger partial charge in [-0.3, -0.25) is 9.59 Å². The quantitative estimate of drug-likeness (QED) is 0.701. The number of hydrogen-bond acceptors (Lipinski definition) is 5. The van der Waals surface area contributed by atoms with Crippen molar-refractivity contribution in [2.45, 2.75) is 4.90 Å². The van der Waals surface area contributed by atoms with Crippen molar-refractivity contribution in [1.29, 1.82) is 0 Å². The van der Waals surface area contributed by atoms with E-state index in [1.165, 1.54) is 39.5 Å². The van der Waals surface area contributed by atoms with Crippen LogP contribution in [0.3, 0.4) is 0 Å². The van der Waals surface area contributed by atoms with E-state index in [2.05, 4.69) is 5.32 Å². The molecule has 2 aromatic carbocycles. The molecule has 3 rings (SSSR count). The van der Waals surface area contributed by atoms with Crippen molar-refractivity contribution in [2.24, 2.45) is 0 Å². The molecule has 2 aromatic rings. The first kappa shape index (κ1) is 23.5. The first-order chi connectivity index (χ1) is 14.6. The summed E-state index contributed by atoms with van der Waals surface area (Å²) in [6.45, 7) is 1.07. The third-order valence-corrected chi connectivity index (χ3v) is 7.21. The third kappa shape index (κ3) is 5.19. The largest absolute Gasteiger partial charge is 0.379 e. The van der Waals surface area contributed by atoms with E-state index in [4.69, 9.17) is 27.9 Å². The summed E-state index contributed by atoms with van der Waals surface area (Å²) < 4.78 is 32.3. The fraction of sp³-hybridized carbons (Fsp3) is 0.300. The van der Waals surface area contributed by atoms with Crippen LogP contribution in [0.5, 0.6) is 0 Å². The fourth-order valence-electron chi connectivity index (χ4n) is 2.98. The summed E-state index contributed by atoms with van der Waals surface area (Å²) >= 11 is 12.3. The van der Waals surface area contributed by atoms with Crippen LogP contribution in [0.1, 0.15) is 20.7 Å². The Bertz CT molecular complexity index is 1120. The van der Waals surface area contributed by atoms with Crippen LogP contribution in [-0.4, -0.2) is 69.8 Å². The van der Waals surface area contributed by atoms with E-state index in [1.54, 1.807) is 20.2 Å². The van der Waals surface area contributed by atoms with Crippen molar-refractivity contribution in [3.05, 3.63) is 57.6 Å². The van der Waals surface area contributed by atoms with Crippen LogP contribution in [0.4, 0.5) is 5.69 Å². The Labute approximate surface area is 190 Å². The lowest BCUT2D eigenvalue weighted by Crippen LogP contribution is -2.40. The highest BCUT2D eigenvalue weighted by molar-refractivity contribution is 7.89. The highest BCUT2D eigenvalue weighted by Gasteiger charge is 2.27. The molecule has 0 atom stereocenters. The lowest BCUT2D eigenvalue weighted by Gasteiger charge is -2.26. The monoisotopic (exact) mass is 485 g/mol. The molecule has 1 aliphatic heterocycles. The van der Waals surface area contributed by atoms with Gasteiger partial charge in [-0.1, -0.05) is 23.2 Å². The minimum atomic E-state index is -3.80. The van der Waals surface area contributed by atoms with Crippen LogP contribution < -0.4 is 5.32 Å². The van der Waals surface area contributed by atoms with Crippen molar-refractivity contribution < 1.29 is 22.7 Å². The van der Waals surface area contributed by atoms with Gasteiger partial charge in [-0.15, -0.1) is 0 Å². The smallest absolute Gasteiger partial charge is 0.257 e. The number of hydrogen-bond donors (Lipinski definition) is 1. The zero-order valence-corrected chi connectivity index (χ0v) is 19.2. The predicted molar refractivity (Wildman–Crippen MR) is 118 cm³/mol. The standard InChI is InChI=1S/C20H21Cl2N3O5S/c1-24(2)20(27)13-3-5-17(22)18(11-13)23-19(26)15-12-14(4-6-16(15)21)31(28,29)25-7-9-30-10-8-25/h3-6,11-12H,7-10H2,1-2H3,(H,23,26). The summed E-state index contributed by atoms with van der Waals surface area (Å²) in [5.41, 5.74) is 0.507. The second-order valence-electron chi connectivity index (χ2n) is 7.01. The number of rotatable bonds is 5. The topological polar surface area (TPSA) is 96.0 Å². The number of benzene rings is 2. The van der Waals surface area contributed by atoms with Gasteiger partial charge in [0.15, 0.2) is 0 Å². The zero-order chi connectivity index (χ0) is 22.8. The SMILES string of the molecule is CN(C)C(=O)c1ccc(Cl)c(NC(=O)c2cc(S(=O)(=O)N3CCOCC3)ccc2Cl)c1. The molecule has 0 bridgehead atoms. The fourth-order valence-corrected chi connectivity index (χ4v) is 4.78. The lowest BCUT2D eigenvalue weighted by atomic mass is 10.1. The molecule has 1 saturated heterocycles. The number of anilines is 1. The maximum atomic E-state index is 12.9. The van der Waals surface area contributed by atoms with Gasteiger partial charge in [0.25, 0.3) is 11.8 Å². The third-order valence-electron chi connectivity index (χ3n) is 4.66. The molecule has 0 aliphatic carbocycles. The van der Waals surface area contributed by atoms with Gasteiger partial charge < -0.3 is 15.0 Å². The van der Waals surface area contributed by atoms with Crippen LogP contribution in [0.2, 0.25) is 10.0 Å². The van der Waals surface area contributed by atoms with Crippen molar-refractivity contribution >= 4 is 50.7 Å². The zero-order valence-electron chi connectivity index (χ0n) is 16.9. The molecule has 2 amide bonds. The molecular formula is C20H21Cl2N3O5S. The molecule has 0 spiro atoms. The van der Waals surface area contributed by atoms with Crippen LogP contribution >= 0.6 is 23.2 Å². The summed E-state index contributed by atoms with van der Waals surface area (Å²) in [6, 6.07) is 8.43. The first-order valence-electron chi connectivity index (χ1n) is 9.31. The molecule has 166 valence electrons. The van der Waals surface area contributed by atoms with Gasteiger partial charge in [-0.2, -0.15) is 4.31 Å². The molecule has 31 heavy (non-hydrogen) atoms. The second kappa shape index (κ2) is 9.54. The van der Waals surface area contributed by atoms with E-state index in [0.717, 1.165) is 0 Å². The van der Waals surface area contributed by atoms with Gasteiger partial charge in [0.2, 0.25) is 10.0 Å². The predicted octanol–water partition coefficient (Wildman–Crippen LogP) is 2.97.